The number of nitrogens with zero attached hydrogens (tertiary/aromatic N) is 1. The number of hydrogen-bond donors (Lipinski definition) is 1. The first-order valence-corrected chi connectivity index (χ1v) is 11.0. The van der Waals surface area contributed by atoms with Crippen LogP contribution in [0.2, 0.25) is 0 Å². The molecule has 0 spiro atoms. The molecule has 1 aliphatic heterocycles. The van der Waals surface area contributed by atoms with E-state index in [4.69, 9.17) is 14.2 Å². The highest BCUT2D eigenvalue weighted by molar-refractivity contribution is 5.82. The van der Waals surface area contributed by atoms with E-state index in [0.717, 1.165) is 25.7 Å². The van der Waals surface area contributed by atoms with Gasteiger partial charge in [-0.15, -0.1) is 0 Å². The maximum atomic E-state index is 13.1. The average molecular weight is 434 g/mol. The molecule has 1 aliphatic carbocycles. The first-order valence-electron chi connectivity index (χ1n) is 11.0. The second kappa shape index (κ2) is 10.7. The van der Waals surface area contributed by atoms with E-state index in [1.165, 1.54) is 0 Å². The fourth-order valence-corrected chi connectivity index (χ4v) is 4.40. The molecule has 8 heteroatoms. The molecule has 0 amide bonds. The molecule has 0 aromatic heterocycles. The van der Waals surface area contributed by atoms with Gasteiger partial charge >= 0.3 is 17.9 Å². The highest BCUT2D eigenvalue weighted by Gasteiger charge is 2.48. The molecular formula is C23H31NO7. The summed E-state index contributed by atoms with van der Waals surface area (Å²) in [5, 5.41) is 11.5. The molecule has 1 N–H and O–H groups in total. The summed E-state index contributed by atoms with van der Waals surface area (Å²) in [6.07, 6.45) is 3.68. The van der Waals surface area contributed by atoms with Gasteiger partial charge in [-0.05, 0) is 31.7 Å². The number of carbonyl (C=O) groups is 3. The Hall–Kier alpha value is -2.45. The molecule has 31 heavy (non-hydrogen) atoms. The quantitative estimate of drug-likeness (QED) is 0.465. The molecule has 1 saturated carbocycles. The van der Waals surface area contributed by atoms with Gasteiger partial charge < -0.3 is 19.3 Å². The minimum atomic E-state index is -1.66. The summed E-state index contributed by atoms with van der Waals surface area (Å²) in [6.45, 7) is 2.42. The summed E-state index contributed by atoms with van der Waals surface area (Å²) < 4.78 is 15.4. The van der Waals surface area contributed by atoms with Crippen LogP contribution < -0.4 is 0 Å². The lowest BCUT2D eigenvalue weighted by atomic mass is 9.80. The molecule has 0 radical (unpaired) electrons. The lowest BCUT2D eigenvalue weighted by Gasteiger charge is -2.33. The van der Waals surface area contributed by atoms with Crippen molar-refractivity contribution in [3.05, 3.63) is 35.9 Å². The van der Waals surface area contributed by atoms with E-state index in [0.29, 0.717) is 25.1 Å². The Morgan fingerprint density at radius 1 is 1.06 bits per heavy atom. The highest BCUT2D eigenvalue weighted by Crippen LogP contribution is 2.41. The van der Waals surface area contributed by atoms with Crippen LogP contribution in [0, 0.1) is 5.92 Å². The van der Waals surface area contributed by atoms with Crippen LogP contribution in [0.15, 0.2) is 30.3 Å². The topological polar surface area (TPSA) is 102 Å². The third-order valence-corrected chi connectivity index (χ3v) is 5.98. The van der Waals surface area contributed by atoms with E-state index in [1.54, 1.807) is 19.1 Å². The van der Waals surface area contributed by atoms with Crippen LogP contribution in [0.1, 0.15) is 44.6 Å². The maximum absolute atomic E-state index is 13.1. The van der Waals surface area contributed by atoms with Crippen molar-refractivity contribution in [2.24, 2.45) is 5.92 Å². The van der Waals surface area contributed by atoms with Crippen molar-refractivity contribution in [2.75, 3.05) is 32.8 Å². The molecule has 1 saturated heterocycles. The van der Waals surface area contributed by atoms with Crippen LogP contribution in [0.4, 0.5) is 0 Å². The highest BCUT2D eigenvalue weighted by atomic mass is 16.6. The number of benzene rings is 1. The summed E-state index contributed by atoms with van der Waals surface area (Å²) in [4.78, 5) is 38.2. The van der Waals surface area contributed by atoms with Crippen LogP contribution in [-0.2, 0) is 34.2 Å². The zero-order chi connectivity index (χ0) is 22.3. The molecule has 170 valence electrons. The zero-order valence-electron chi connectivity index (χ0n) is 18.0. The molecule has 1 heterocycles. The van der Waals surface area contributed by atoms with E-state index >= 15 is 0 Å². The van der Waals surface area contributed by atoms with Gasteiger partial charge in [-0.2, -0.15) is 0 Å². The Kier molecular flexibility index (Phi) is 8.03. The van der Waals surface area contributed by atoms with Gasteiger partial charge in [-0.25, -0.2) is 9.59 Å². The van der Waals surface area contributed by atoms with Gasteiger partial charge in [-0.1, -0.05) is 43.2 Å². The molecule has 0 unspecified atom stereocenters. The summed E-state index contributed by atoms with van der Waals surface area (Å²) in [7, 11) is 0. The fraction of sp³-hybridized carbons (Fsp3) is 0.609. The Bertz CT molecular complexity index is 762. The zero-order valence-corrected chi connectivity index (χ0v) is 18.0. The molecule has 1 aromatic carbocycles. The van der Waals surface area contributed by atoms with Crippen LogP contribution in [-0.4, -0.2) is 66.9 Å². The van der Waals surface area contributed by atoms with E-state index in [-0.39, 0.29) is 19.1 Å². The Balaban J connectivity index is 1.55. The number of rotatable bonds is 9. The van der Waals surface area contributed by atoms with E-state index in [1.807, 2.05) is 23.1 Å². The van der Waals surface area contributed by atoms with Gasteiger partial charge in [0.2, 0.25) is 0 Å². The van der Waals surface area contributed by atoms with Crippen molar-refractivity contribution in [1.82, 2.24) is 4.90 Å². The van der Waals surface area contributed by atoms with Crippen molar-refractivity contribution >= 4 is 17.9 Å². The Morgan fingerprint density at radius 2 is 1.77 bits per heavy atom. The van der Waals surface area contributed by atoms with Gasteiger partial charge in [-0.3, -0.25) is 9.69 Å². The Morgan fingerprint density at radius 3 is 2.45 bits per heavy atom. The van der Waals surface area contributed by atoms with Crippen molar-refractivity contribution in [3.63, 3.8) is 0 Å². The average Bonchev–Trinajstić information content (AvgIpc) is 3.45. The Labute approximate surface area is 182 Å². The second-order valence-electron chi connectivity index (χ2n) is 8.13. The number of likely N-dealkylation sites (tertiary alicyclic amines) is 1. The van der Waals surface area contributed by atoms with Crippen molar-refractivity contribution in [2.45, 2.75) is 50.7 Å². The molecule has 8 nitrogen and oxygen atoms in total. The predicted octanol–water partition coefficient (Wildman–Crippen LogP) is 1.79. The van der Waals surface area contributed by atoms with Gasteiger partial charge in [0.05, 0.1) is 13.2 Å². The van der Waals surface area contributed by atoms with Crippen LogP contribution in [0.25, 0.3) is 0 Å². The van der Waals surface area contributed by atoms with Crippen LogP contribution in [0.3, 0.4) is 0 Å². The van der Waals surface area contributed by atoms with E-state index in [2.05, 4.69) is 0 Å². The van der Waals surface area contributed by atoms with E-state index in [9.17, 15) is 19.5 Å². The van der Waals surface area contributed by atoms with E-state index < -0.39 is 36.2 Å². The minimum Gasteiger partial charge on any atom is -0.463 e. The fourth-order valence-electron chi connectivity index (χ4n) is 4.40. The third-order valence-electron chi connectivity index (χ3n) is 5.98. The molecule has 3 rings (SSSR count). The SMILES string of the molecule is CCOC(=O)COC(=O)CN1CC[C@@H](OC(=O)[C@](O)(c2ccccc2)C2CCCC2)C1. The van der Waals surface area contributed by atoms with Gasteiger partial charge in [0.1, 0.15) is 6.10 Å². The third kappa shape index (κ3) is 5.83. The monoisotopic (exact) mass is 433 g/mol. The van der Waals surface area contributed by atoms with Crippen molar-refractivity contribution in [1.29, 1.82) is 0 Å². The number of esters is 3. The van der Waals surface area contributed by atoms with Crippen molar-refractivity contribution < 1.29 is 33.7 Å². The van der Waals surface area contributed by atoms with Crippen LogP contribution >= 0.6 is 0 Å². The number of aliphatic hydroxyl groups is 1. The van der Waals surface area contributed by atoms with Crippen LogP contribution in [0.5, 0.6) is 0 Å². The molecule has 2 aliphatic rings. The molecular weight excluding hydrogens is 402 g/mol. The summed E-state index contributed by atoms with van der Waals surface area (Å²) in [5.74, 6) is -1.91. The number of hydrogen-bond acceptors (Lipinski definition) is 8. The first-order chi connectivity index (χ1) is 14.9. The standard InChI is InChI=1S/C23H31NO7/c1-2-29-21(26)16-30-20(25)15-24-13-12-19(14-24)31-22(27)23(28,18-10-6-7-11-18)17-8-4-3-5-9-17/h3-5,8-9,18-19,28H,2,6-7,10-16H2,1H3/t19-,23+/m1/s1. The lowest BCUT2D eigenvalue weighted by molar-refractivity contribution is -0.178. The summed E-state index contributed by atoms with van der Waals surface area (Å²) in [6, 6.07) is 8.99. The smallest absolute Gasteiger partial charge is 0.344 e. The maximum Gasteiger partial charge on any atom is 0.344 e. The summed E-state index contributed by atoms with van der Waals surface area (Å²) >= 11 is 0. The number of ether oxygens (including phenoxy) is 3. The first kappa shape index (κ1) is 23.2. The molecule has 1 aromatic rings. The normalized spacial score (nSPS) is 21.4. The number of carbonyl (C=O) groups excluding carboxylic acids is 3. The summed E-state index contributed by atoms with van der Waals surface area (Å²) in [5.41, 5.74) is -1.10. The second-order valence-corrected chi connectivity index (χ2v) is 8.13. The molecule has 0 bridgehead atoms. The minimum absolute atomic E-state index is 0.000959. The van der Waals surface area contributed by atoms with Gasteiger partial charge in [0, 0.05) is 19.0 Å². The van der Waals surface area contributed by atoms with Gasteiger partial charge in [0.15, 0.2) is 12.2 Å². The molecule has 2 fully saturated rings. The lowest BCUT2D eigenvalue weighted by Crippen LogP contribution is -2.45. The van der Waals surface area contributed by atoms with Crippen molar-refractivity contribution in [3.8, 4) is 0 Å². The molecule has 2 atom stereocenters. The largest absolute Gasteiger partial charge is 0.463 e. The predicted molar refractivity (Wildman–Crippen MR) is 111 cm³/mol. The van der Waals surface area contributed by atoms with Gasteiger partial charge in [0.25, 0.3) is 0 Å².